The molecule has 0 aliphatic rings. The third-order valence-corrected chi connectivity index (χ3v) is 2.50. The van der Waals surface area contributed by atoms with Gasteiger partial charge in [-0.3, -0.25) is 0 Å². The second-order valence-electron chi connectivity index (χ2n) is 3.12. The van der Waals surface area contributed by atoms with E-state index in [0.717, 1.165) is 16.9 Å². The minimum absolute atomic E-state index is 0.683. The Morgan fingerprint density at radius 1 is 1.33 bits per heavy atom. The Labute approximate surface area is 90.5 Å². The van der Waals surface area contributed by atoms with Crippen LogP contribution < -0.4 is 0 Å². The summed E-state index contributed by atoms with van der Waals surface area (Å²) in [4.78, 5) is 2.85. The molecule has 3 aromatic rings. The van der Waals surface area contributed by atoms with Gasteiger partial charge in [-0.15, -0.1) is 14.8 Å². The molecule has 1 N–H and O–H groups in total. The number of fused-ring (bicyclic) bond motifs is 1. The highest BCUT2D eigenvalue weighted by atomic mass is 35.5. The first kappa shape index (κ1) is 8.49. The summed E-state index contributed by atoms with van der Waals surface area (Å²) in [6.45, 7) is 0. The minimum atomic E-state index is 0.683. The Hall–Kier alpha value is -1.81. The molecule has 0 aliphatic heterocycles. The third kappa shape index (κ3) is 1.30. The van der Waals surface area contributed by atoms with Gasteiger partial charge in [-0.25, -0.2) is 0 Å². The van der Waals surface area contributed by atoms with Gasteiger partial charge in [0.2, 0.25) is 0 Å². The highest BCUT2D eigenvalue weighted by molar-refractivity contribution is 6.33. The molecule has 3 rings (SSSR count). The predicted molar refractivity (Wildman–Crippen MR) is 56.6 cm³/mol. The first-order valence-corrected chi connectivity index (χ1v) is 4.79. The first-order chi connectivity index (χ1) is 7.34. The van der Waals surface area contributed by atoms with E-state index in [1.807, 2.05) is 30.3 Å². The molecule has 15 heavy (non-hydrogen) atoms. The maximum Gasteiger partial charge on any atom is 0.199 e. The lowest BCUT2D eigenvalue weighted by Gasteiger charge is -1.97. The summed E-state index contributed by atoms with van der Waals surface area (Å²) >= 11 is 6.07. The van der Waals surface area contributed by atoms with Crippen LogP contribution in [-0.2, 0) is 0 Å². The van der Waals surface area contributed by atoms with Crippen molar-refractivity contribution in [2.45, 2.75) is 0 Å². The molecule has 0 spiro atoms. The van der Waals surface area contributed by atoms with Gasteiger partial charge in [0.25, 0.3) is 0 Å². The zero-order chi connectivity index (χ0) is 10.3. The summed E-state index contributed by atoms with van der Waals surface area (Å²) in [7, 11) is 0. The van der Waals surface area contributed by atoms with Gasteiger partial charge in [-0.1, -0.05) is 29.8 Å². The van der Waals surface area contributed by atoms with Crippen LogP contribution >= 0.6 is 11.6 Å². The average molecular weight is 218 g/mol. The Balaban J connectivity index is 2.22. The van der Waals surface area contributed by atoms with E-state index >= 15 is 0 Å². The van der Waals surface area contributed by atoms with E-state index in [4.69, 9.17) is 11.6 Å². The molecule has 1 aromatic carbocycles. The van der Waals surface area contributed by atoms with Crippen LogP contribution in [0.3, 0.4) is 0 Å². The summed E-state index contributed by atoms with van der Waals surface area (Å²) in [5.41, 5.74) is 2.50. The molecule has 0 saturated heterocycles. The van der Waals surface area contributed by atoms with Crippen LogP contribution in [0.4, 0.5) is 0 Å². The van der Waals surface area contributed by atoms with Gasteiger partial charge in [-0.05, 0) is 6.07 Å². The number of nitrogens with one attached hydrogen (secondary N) is 1. The molecule has 1 radical (unpaired) electrons. The quantitative estimate of drug-likeness (QED) is 0.679. The third-order valence-electron chi connectivity index (χ3n) is 2.17. The van der Waals surface area contributed by atoms with Gasteiger partial charge in [0, 0.05) is 11.6 Å². The summed E-state index contributed by atoms with van der Waals surface area (Å²) in [6, 6.07) is 9.46. The van der Waals surface area contributed by atoms with Crippen LogP contribution in [0.5, 0.6) is 0 Å². The van der Waals surface area contributed by atoms with Gasteiger partial charge < -0.3 is 4.98 Å². The van der Waals surface area contributed by atoms with Crippen LogP contribution in [0.15, 0.2) is 30.3 Å². The lowest BCUT2D eigenvalue weighted by molar-refractivity contribution is 0.822. The first-order valence-electron chi connectivity index (χ1n) is 4.41. The normalized spacial score (nSPS) is 11.0. The molecule has 0 aliphatic carbocycles. The van der Waals surface area contributed by atoms with Crippen molar-refractivity contribution in [1.82, 2.24) is 19.8 Å². The van der Waals surface area contributed by atoms with Crippen molar-refractivity contribution in [1.29, 1.82) is 0 Å². The Morgan fingerprint density at radius 2 is 2.20 bits per heavy atom. The van der Waals surface area contributed by atoms with Crippen LogP contribution in [0.2, 0.25) is 5.02 Å². The number of hydrogen-bond acceptors (Lipinski definition) is 2. The maximum absolute atomic E-state index is 6.07. The molecule has 2 aromatic heterocycles. The number of H-pyrrole nitrogens is 1. The smallest absolute Gasteiger partial charge is 0.199 e. The molecule has 4 nitrogen and oxygen atoms in total. The van der Waals surface area contributed by atoms with Crippen molar-refractivity contribution in [2.75, 3.05) is 0 Å². The number of aromatic nitrogens is 4. The van der Waals surface area contributed by atoms with Crippen molar-refractivity contribution in [2.24, 2.45) is 0 Å². The zero-order valence-corrected chi connectivity index (χ0v) is 8.36. The monoisotopic (exact) mass is 217 g/mol. The van der Waals surface area contributed by atoms with E-state index in [9.17, 15) is 0 Å². The molecule has 5 heteroatoms. The van der Waals surface area contributed by atoms with Gasteiger partial charge in [-0.2, -0.15) is 0 Å². The molecule has 0 saturated carbocycles. The molecular weight excluding hydrogens is 212 g/mol. The van der Waals surface area contributed by atoms with Gasteiger partial charge in [0.05, 0.1) is 10.7 Å². The van der Waals surface area contributed by atoms with E-state index in [0.29, 0.717) is 5.02 Å². The van der Waals surface area contributed by atoms with Gasteiger partial charge >= 0.3 is 0 Å². The van der Waals surface area contributed by atoms with E-state index in [1.54, 1.807) is 0 Å². The SMILES string of the molecule is Clc1ccccc1-c1cc2[nH][c]nn2n1. The fourth-order valence-corrected chi connectivity index (χ4v) is 1.70. The fourth-order valence-electron chi connectivity index (χ4n) is 1.46. The topological polar surface area (TPSA) is 46.0 Å². The number of nitrogens with zero attached hydrogens (tertiary/aromatic N) is 3. The number of halogens is 1. The Morgan fingerprint density at radius 3 is 3.00 bits per heavy atom. The lowest BCUT2D eigenvalue weighted by Crippen LogP contribution is -1.86. The van der Waals surface area contributed by atoms with Crippen molar-refractivity contribution in [3.05, 3.63) is 41.7 Å². The predicted octanol–water partition coefficient (Wildman–Crippen LogP) is 2.18. The Bertz CT molecular complexity index is 582. The average Bonchev–Trinajstić information content (AvgIpc) is 2.77. The van der Waals surface area contributed by atoms with E-state index in [-0.39, 0.29) is 0 Å². The number of rotatable bonds is 1. The van der Waals surface area contributed by atoms with Crippen LogP contribution in [-0.4, -0.2) is 19.8 Å². The minimum Gasteiger partial charge on any atom is -0.319 e. The lowest BCUT2D eigenvalue weighted by atomic mass is 10.1. The molecule has 0 fully saturated rings. The molecule has 0 amide bonds. The molecule has 73 valence electrons. The molecule has 0 unspecified atom stereocenters. The summed E-state index contributed by atoms with van der Waals surface area (Å²) < 4.78 is 1.48. The summed E-state index contributed by atoms with van der Waals surface area (Å²) in [6.07, 6.45) is 2.60. The van der Waals surface area contributed by atoms with Crippen molar-refractivity contribution in [3.63, 3.8) is 0 Å². The second-order valence-corrected chi connectivity index (χ2v) is 3.53. The van der Waals surface area contributed by atoms with Crippen molar-refractivity contribution < 1.29 is 0 Å². The number of benzene rings is 1. The van der Waals surface area contributed by atoms with E-state index in [2.05, 4.69) is 21.5 Å². The standard InChI is InChI=1S/C10H6ClN4/c11-8-4-2-1-3-7(8)9-5-10-12-6-13-15(10)14-9/h1-5H,(H,12,13). The molecule has 2 heterocycles. The van der Waals surface area contributed by atoms with Gasteiger partial charge in [0.1, 0.15) is 0 Å². The van der Waals surface area contributed by atoms with Crippen LogP contribution in [0, 0.1) is 6.33 Å². The van der Waals surface area contributed by atoms with Gasteiger partial charge in [0.15, 0.2) is 12.0 Å². The molecule has 0 bridgehead atoms. The highest BCUT2D eigenvalue weighted by Gasteiger charge is 2.08. The Kier molecular flexibility index (Phi) is 1.76. The summed E-state index contributed by atoms with van der Waals surface area (Å²) in [5, 5.41) is 8.82. The molecule has 0 atom stereocenters. The highest BCUT2D eigenvalue weighted by Crippen LogP contribution is 2.26. The van der Waals surface area contributed by atoms with Crippen molar-refractivity contribution in [3.8, 4) is 11.3 Å². The number of hydrogen-bond donors (Lipinski definition) is 1. The largest absolute Gasteiger partial charge is 0.319 e. The zero-order valence-electron chi connectivity index (χ0n) is 7.61. The summed E-state index contributed by atoms with van der Waals surface area (Å²) in [5.74, 6) is 0. The second kappa shape index (κ2) is 3.10. The number of aromatic amines is 1. The van der Waals surface area contributed by atoms with Crippen LogP contribution in [0.1, 0.15) is 0 Å². The van der Waals surface area contributed by atoms with Crippen LogP contribution in [0.25, 0.3) is 16.9 Å². The fraction of sp³-hybridized carbons (Fsp3) is 0. The van der Waals surface area contributed by atoms with Crippen molar-refractivity contribution >= 4 is 17.2 Å². The van der Waals surface area contributed by atoms with E-state index in [1.165, 1.54) is 4.63 Å². The maximum atomic E-state index is 6.07. The van der Waals surface area contributed by atoms with E-state index < -0.39 is 0 Å². The molecular formula is C10H6ClN4.